The average Bonchev–Trinajstić information content (AvgIpc) is 3.23. The fraction of sp³-hybridized carbons (Fsp3) is 0.333. The first-order chi connectivity index (χ1) is 12.5. The number of amides is 2. The number of rotatable bonds is 4. The molecule has 0 fully saturated rings. The van der Waals surface area contributed by atoms with Crippen LogP contribution in [0.2, 0.25) is 0 Å². The van der Waals surface area contributed by atoms with Gasteiger partial charge in [-0.15, -0.1) is 0 Å². The first kappa shape index (κ1) is 16.8. The summed E-state index contributed by atoms with van der Waals surface area (Å²) in [7, 11) is 0. The van der Waals surface area contributed by atoms with Crippen LogP contribution in [0, 0.1) is 0 Å². The third-order valence-corrected chi connectivity index (χ3v) is 5.86. The lowest BCUT2D eigenvalue weighted by Gasteiger charge is -2.15. The van der Waals surface area contributed by atoms with Crippen molar-refractivity contribution >= 4 is 29.3 Å². The van der Waals surface area contributed by atoms with Crippen LogP contribution in [0.1, 0.15) is 40.5 Å². The number of thioether (sulfide) groups is 1. The van der Waals surface area contributed by atoms with Crippen LogP contribution in [-0.4, -0.2) is 27.1 Å². The molecule has 1 aromatic carbocycles. The van der Waals surface area contributed by atoms with E-state index >= 15 is 0 Å². The highest BCUT2D eigenvalue weighted by atomic mass is 32.2. The number of fused-ring (bicyclic) bond motifs is 2. The Morgan fingerprint density at radius 2 is 2.12 bits per heavy atom. The summed E-state index contributed by atoms with van der Waals surface area (Å²) in [5, 5.41) is 3.44. The van der Waals surface area contributed by atoms with Crippen LogP contribution in [0.4, 0.5) is 5.69 Å². The number of carbonyl (C=O) groups is 2. The first-order valence-electron chi connectivity index (χ1n) is 8.50. The van der Waals surface area contributed by atoms with Gasteiger partial charge in [-0.05, 0) is 31.4 Å². The molecule has 1 aromatic heterocycles. The lowest BCUT2D eigenvalue weighted by molar-refractivity contribution is -0.116. The molecule has 0 spiro atoms. The van der Waals surface area contributed by atoms with Crippen molar-refractivity contribution in [1.82, 2.24) is 9.55 Å². The Balaban J connectivity index is 1.55. The van der Waals surface area contributed by atoms with Gasteiger partial charge in [0.15, 0.2) is 5.16 Å². The number of aryl methyl sites for hydroxylation is 1. The largest absolute Gasteiger partial charge is 0.366 e. The summed E-state index contributed by atoms with van der Waals surface area (Å²) in [6.45, 7) is 0. The van der Waals surface area contributed by atoms with Crippen molar-refractivity contribution in [1.29, 1.82) is 0 Å². The predicted octanol–water partition coefficient (Wildman–Crippen LogP) is 1.51. The molecular formula is C18H18N4O3S. The third kappa shape index (κ3) is 2.90. The number of nitrogens with two attached hydrogens (primary N) is 1. The minimum atomic E-state index is -0.598. The summed E-state index contributed by atoms with van der Waals surface area (Å²) >= 11 is 1.51. The van der Waals surface area contributed by atoms with Crippen LogP contribution in [0.15, 0.2) is 34.2 Å². The van der Waals surface area contributed by atoms with Crippen molar-refractivity contribution in [2.75, 3.05) is 11.1 Å². The van der Waals surface area contributed by atoms with Gasteiger partial charge in [0.1, 0.15) is 0 Å². The van der Waals surface area contributed by atoms with Crippen molar-refractivity contribution in [3.05, 3.63) is 51.4 Å². The van der Waals surface area contributed by atoms with Gasteiger partial charge in [-0.3, -0.25) is 19.0 Å². The second-order valence-corrected chi connectivity index (χ2v) is 7.46. The van der Waals surface area contributed by atoms with Crippen LogP contribution in [0.3, 0.4) is 0 Å². The molecule has 1 aliphatic heterocycles. The smallest absolute Gasteiger partial charge is 0.257 e. The Hall–Kier alpha value is -2.61. The van der Waals surface area contributed by atoms with E-state index in [0.717, 1.165) is 30.5 Å². The number of hydrogen-bond donors (Lipinski definition) is 2. The van der Waals surface area contributed by atoms with E-state index in [1.54, 1.807) is 28.8 Å². The fourth-order valence-electron chi connectivity index (χ4n) is 3.52. The van der Waals surface area contributed by atoms with Crippen molar-refractivity contribution in [2.45, 2.75) is 36.9 Å². The zero-order valence-electron chi connectivity index (χ0n) is 14.0. The summed E-state index contributed by atoms with van der Waals surface area (Å²) in [6.07, 6.45) is 2.72. The zero-order chi connectivity index (χ0) is 18.3. The van der Waals surface area contributed by atoms with Gasteiger partial charge >= 0.3 is 0 Å². The molecule has 26 heavy (non-hydrogen) atoms. The highest BCUT2D eigenvalue weighted by molar-refractivity contribution is 7.99. The Bertz CT molecular complexity index is 969. The Morgan fingerprint density at radius 1 is 1.31 bits per heavy atom. The van der Waals surface area contributed by atoms with E-state index in [-0.39, 0.29) is 29.5 Å². The number of aromatic nitrogens is 2. The number of anilines is 1. The predicted molar refractivity (Wildman–Crippen MR) is 98.5 cm³/mol. The summed E-state index contributed by atoms with van der Waals surface area (Å²) < 4.78 is 1.66. The maximum absolute atomic E-state index is 12.8. The van der Waals surface area contributed by atoms with Crippen LogP contribution in [0.25, 0.3) is 0 Å². The first-order valence-corrected chi connectivity index (χ1v) is 9.49. The fourth-order valence-corrected chi connectivity index (χ4v) is 4.68. The molecule has 0 saturated heterocycles. The molecule has 2 aliphatic rings. The molecule has 1 unspecified atom stereocenters. The van der Waals surface area contributed by atoms with Crippen molar-refractivity contribution in [3.63, 3.8) is 0 Å². The molecule has 7 nitrogen and oxygen atoms in total. The van der Waals surface area contributed by atoms with Crippen molar-refractivity contribution in [2.24, 2.45) is 5.73 Å². The molecule has 1 atom stereocenters. The number of carbonyl (C=O) groups excluding carboxylic acids is 2. The topological polar surface area (TPSA) is 107 Å². The molecule has 2 heterocycles. The molecule has 1 aliphatic carbocycles. The number of primary amides is 1. The standard InChI is InChI=1S/C18H18N4O3S/c19-16(24)11-4-1-2-6-13(11)20-15(23)8-10-9-26-18-21-14-7-3-5-12(14)17(25)22(10)18/h1-2,4,6,10H,3,5,7-9H2,(H2,19,24)(H,20,23). The minimum Gasteiger partial charge on any atom is -0.366 e. The Labute approximate surface area is 154 Å². The van der Waals surface area contributed by atoms with Gasteiger partial charge in [0.2, 0.25) is 5.91 Å². The second kappa shape index (κ2) is 6.60. The van der Waals surface area contributed by atoms with Crippen molar-refractivity contribution in [3.8, 4) is 0 Å². The van der Waals surface area contributed by atoms with E-state index in [0.29, 0.717) is 16.6 Å². The minimum absolute atomic E-state index is 0.0113. The Morgan fingerprint density at radius 3 is 2.92 bits per heavy atom. The van der Waals surface area contributed by atoms with Crippen LogP contribution >= 0.6 is 11.8 Å². The van der Waals surface area contributed by atoms with Gasteiger partial charge in [0, 0.05) is 17.7 Å². The van der Waals surface area contributed by atoms with Gasteiger partial charge in [0.25, 0.3) is 11.5 Å². The monoisotopic (exact) mass is 370 g/mol. The van der Waals surface area contributed by atoms with Crippen LogP contribution < -0.4 is 16.6 Å². The van der Waals surface area contributed by atoms with Gasteiger partial charge in [-0.1, -0.05) is 23.9 Å². The molecule has 2 aromatic rings. The second-order valence-electron chi connectivity index (χ2n) is 6.48. The number of benzene rings is 1. The van der Waals surface area contributed by atoms with Crippen LogP contribution in [-0.2, 0) is 17.6 Å². The number of hydrogen-bond acceptors (Lipinski definition) is 5. The molecule has 2 amide bonds. The van der Waals surface area contributed by atoms with E-state index in [9.17, 15) is 14.4 Å². The molecule has 4 rings (SSSR count). The maximum Gasteiger partial charge on any atom is 0.257 e. The normalized spacial score (nSPS) is 17.6. The molecule has 0 radical (unpaired) electrons. The number of nitrogens with zero attached hydrogens (tertiary/aromatic N) is 2. The van der Waals surface area contributed by atoms with E-state index in [2.05, 4.69) is 10.3 Å². The van der Waals surface area contributed by atoms with E-state index in [4.69, 9.17) is 5.73 Å². The van der Waals surface area contributed by atoms with E-state index in [1.807, 2.05) is 0 Å². The maximum atomic E-state index is 12.8. The Kier molecular flexibility index (Phi) is 4.28. The highest BCUT2D eigenvalue weighted by Crippen LogP contribution is 2.34. The number of nitrogens with one attached hydrogen (secondary N) is 1. The van der Waals surface area contributed by atoms with Gasteiger partial charge < -0.3 is 11.1 Å². The molecule has 8 heteroatoms. The summed E-state index contributed by atoms with van der Waals surface area (Å²) in [5.41, 5.74) is 7.68. The molecule has 3 N–H and O–H groups in total. The van der Waals surface area contributed by atoms with Crippen molar-refractivity contribution < 1.29 is 9.59 Å². The summed E-state index contributed by atoms with van der Waals surface area (Å²) in [5.74, 6) is -0.223. The van der Waals surface area contributed by atoms with Crippen LogP contribution in [0.5, 0.6) is 0 Å². The van der Waals surface area contributed by atoms with Gasteiger partial charge in [-0.25, -0.2) is 4.98 Å². The summed E-state index contributed by atoms with van der Waals surface area (Å²) in [4.78, 5) is 41.3. The van der Waals surface area contributed by atoms with Gasteiger partial charge in [-0.2, -0.15) is 0 Å². The third-order valence-electron chi connectivity index (χ3n) is 4.76. The lowest BCUT2D eigenvalue weighted by Crippen LogP contribution is -2.30. The molecular weight excluding hydrogens is 352 g/mol. The van der Waals surface area contributed by atoms with E-state index < -0.39 is 5.91 Å². The quantitative estimate of drug-likeness (QED) is 0.793. The lowest BCUT2D eigenvalue weighted by atomic mass is 10.1. The SMILES string of the molecule is NC(=O)c1ccccc1NC(=O)CC1CSc2nc3c(c(=O)n21)CCC3. The number of para-hydroxylation sites is 1. The highest BCUT2D eigenvalue weighted by Gasteiger charge is 2.31. The average molecular weight is 370 g/mol. The summed E-state index contributed by atoms with van der Waals surface area (Å²) in [6, 6.07) is 6.37. The van der Waals surface area contributed by atoms with Gasteiger partial charge in [0.05, 0.1) is 23.0 Å². The molecule has 134 valence electrons. The zero-order valence-corrected chi connectivity index (χ0v) is 14.8. The molecule has 0 saturated carbocycles. The van der Waals surface area contributed by atoms with E-state index in [1.165, 1.54) is 11.8 Å². The molecule has 0 bridgehead atoms.